The molecule has 0 fully saturated rings. The maximum atomic E-state index is 10.8. The second-order valence-electron chi connectivity index (χ2n) is 2.88. The second kappa shape index (κ2) is 8.47. The van der Waals surface area contributed by atoms with E-state index in [1.165, 1.54) is 7.11 Å². The van der Waals surface area contributed by atoms with E-state index in [4.69, 9.17) is 0 Å². The van der Waals surface area contributed by atoms with E-state index in [2.05, 4.69) is 10.1 Å². The SMILES string of the molecule is CCC(=O)NC.COC(=O)c1ccccc1. The third-order valence-electron chi connectivity index (χ3n) is 1.79. The molecule has 1 N–H and O–H groups in total. The molecule has 4 nitrogen and oxygen atoms in total. The Hall–Kier alpha value is -1.84. The molecule has 1 aromatic carbocycles. The Morgan fingerprint density at radius 2 is 1.81 bits per heavy atom. The van der Waals surface area contributed by atoms with Gasteiger partial charge in [0.15, 0.2) is 0 Å². The van der Waals surface area contributed by atoms with Crippen LogP contribution in [0.2, 0.25) is 0 Å². The molecule has 0 unspecified atom stereocenters. The third-order valence-corrected chi connectivity index (χ3v) is 1.79. The van der Waals surface area contributed by atoms with E-state index in [0.29, 0.717) is 12.0 Å². The Morgan fingerprint density at radius 3 is 2.12 bits per heavy atom. The van der Waals surface area contributed by atoms with Crippen LogP contribution in [-0.4, -0.2) is 26.0 Å². The molecule has 0 aliphatic carbocycles. The molecule has 0 heterocycles. The molecule has 16 heavy (non-hydrogen) atoms. The monoisotopic (exact) mass is 223 g/mol. The fourth-order valence-corrected chi connectivity index (χ4v) is 0.869. The summed E-state index contributed by atoms with van der Waals surface area (Å²) in [7, 11) is 3.00. The van der Waals surface area contributed by atoms with Crippen molar-refractivity contribution in [3.63, 3.8) is 0 Å². The Kier molecular flexibility index (Phi) is 7.49. The first-order valence-electron chi connectivity index (χ1n) is 4.99. The molecule has 0 saturated heterocycles. The molecule has 0 aromatic heterocycles. The fourth-order valence-electron chi connectivity index (χ4n) is 0.869. The van der Waals surface area contributed by atoms with Crippen molar-refractivity contribution < 1.29 is 14.3 Å². The van der Waals surface area contributed by atoms with Crippen molar-refractivity contribution in [2.45, 2.75) is 13.3 Å². The summed E-state index contributed by atoms with van der Waals surface area (Å²) in [5.41, 5.74) is 0.588. The van der Waals surface area contributed by atoms with Gasteiger partial charge in [-0.3, -0.25) is 4.79 Å². The molecule has 1 rings (SSSR count). The smallest absolute Gasteiger partial charge is 0.337 e. The molecular formula is C12H17NO3. The first-order chi connectivity index (χ1) is 7.65. The molecule has 0 aliphatic rings. The summed E-state index contributed by atoms with van der Waals surface area (Å²) in [5, 5.41) is 2.48. The van der Waals surface area contributed by atoms with Crippen LogP contribution in [0, 0.1) is 0 Å². The lowest BCUT2D eigenvalue weighted by Gasteiger charge is -1.95. The number of carbonyl (C=O) groups is 2. The topological polar surface area (TPSA) is 55.4 Å². The maximum Gasteiger partial charge on any atom is 0.337 e. The van der Waals surface area contributed by atoms with Crippen molar-refractivity contribution in [2.24, 2.45) is 0 Å². The van der Waals surface area contributed by atoms with Gasteiger partial charge in [0.2, 0.25) is 5.91 Å². The molecular weight excluding hydrogens is 206 g/mol. The van der Waals surface area contributed by atoms with Gasteiger partial charge in [0, 0.05) is 13.5 Å². The van der Waals surface area contributed by atoms with Crippen LogP contribution in [0.1, 0.15) is 23.7 Å². The lowest BCUT2D eigenvalue weighted by atomic mass is 10.2. The molecule has 1 amide bonds. The minimum Gasteiger partial charge on any atom is -0.465 e. The van der Waals surface area contributed by atoms with Gasteiger partial charge in [0.1, 0.15) is 0 Å². The third kappa shape index (κ3) is 5.80. The van der Waals surface area contributed by atoms with Crippen molar-refractivity contribution in [3.05, 3.63) is 35.9 Å². The Labute approximate surface area is 95.6 Å². The van der Waals surface area contributed by atoms with E-state index in [-0.39, 0.29) is 11.9 Å². The number of benzene rings is 1. The molecule has 0 spiro atoms. The highest BCUT2D eigenvalue weighted by molar-refractivity contribution is 5.89. The number of methoxy groups -OCH3 is 1. The van der Waals surface area contributed by atoms with Crippen molar-refractivity contribution in [2.75, 3.05) is 14.2 Å². The summed E-state index contributed by atoms with van der Waals surface area (Å²) in [6, 6.07) is 8.88. The van der Waals surface area contributed by atoms with Crippen LogP contribution in [0.15, 0.2) is 30.3 Å². The fraction of sp³-hybridized carbons (Fsp3) is 0.333. The van der Waals surface area contributed by atoms with Crippen LogP contribution in [0.4, 0.5) is 0 Å². The van der Waals surface area contributed by atoms with Crippen LogP contribution < -0.4 is 5.32 Å². The van der Waals surface area contributed by atoms with E-state index < -0.39 is 0 Å². The van der Waals surface area contributed by atoms with Gasteiger partial charge in [-0.2, -0.15) is 0 Å². The molecule has 88 valence electrons. The summed E-state index contributed by atoms with van der Waals surface area (Å²) < 4.78 is 4.50. The van der Waals surface area contributed by atoms with Gasteiger partial charge in [-0.15, -0.1) is 0 Å². The average Bonchev–Trinajstić information content (AvgIpc) is 2.38. The number of hydrogen-bond donors (Lipinski definition) is 1. The molecule has 0 aliphatic heterocycles. The predicted molar refractivity (Wildman–Crippen MR) is 62.1 cm³/mol. The predicted octanol–water partition coefficient (Wildman–Crippen LogP) is 1.62. The summed E-state index contributed by atoms with van der Waals surface area (Å²) in [6.07, 6.45) is 0.580. The number of rotatable bonds is 2. The normalized spacial score (nSPS) is 8.44. The summed E-state index contributed by atoms with van der Waals surface area (Å²) in [5.74, 6) is -0.199. The zero-order valence-electron chi connectivity index (χ0n) is 9.82. The summed E-state index contributed by atoms with van der Waals surface area (Å²) in [4.78, 5) is 20.9. The first kappa shape index (κ1) is 14.2. The number of esters is 1. The summed E-state index contributed by atoms with van der Waals surface area (Å²) >= 11 is 0. The van der Waals surface area contributed by atoms with Gasteiger partial charge >= 0.3 is 5.97 Å². The second-order valence-corrected chi connectivity index (χ2v) is 2.88. The molecule has 4 heteroatoms. The van der Waals surface area contributed by atoms with E-state index >= 15 is 0 Å². The van der Waals surface area contributed by atoms with Gasteiger partial charge in [-0.25, -0.2) is 4.79 Å². The number of hydrogen-bond acceptors (Lipinski definition) is 3. The quantitative estimate of drug-likeness (QED) is 0.775. The highest BCUT2D eigenvalue weighted by Gasteiger charge is 2.00. The average molecular weight is 223 g/mol. The van der Waals surface area contributed by atoms with Crippen LogP contribution in [0.3, 0.4) is 0 Å². The van der Waals surface area contributed by atoms with Crippen LogP contribution in [0.5, 0.6) is 0 Å². The van der Waals surface area contributed by atoms with E-state index in [1.807, 2.05) is 13.0 Å². The Balaban J connectivity index is 0.000000325. The van der Waals surface area contributed by atoms with E-state index in [9.17, 15) is 9.59 Å². The number of nitrogens with one attached hydrogen (secondary N) is 1. The van der Waals surface area contributed by atoms with Crippen LogP contribution >= 0.6 is 0 Å². The zero-order valence-corrected chi connectivity index (χ0v) is 9.82. The van der Waals surface area contributed by atoms with Gasteiger partial charge < -0.3 is 10.1 Å². The Bertz CT molecular complexity index is 316. The summed E-state index contributed by atoms with van der Waals surface area (Å²) in [6.45, 7) is 1.82. The van der Waals surface area contributed by atoms with Crippen molar-refractivity contribution >= 4 is 11.9 Å². The van der Waals surface area contributed by atoms with Gasteiger partial charge in [-0.1, -0.05) is 25.1 Å². The minimum atomic E-state index is -0.291. The standard InChI is InChI=1S/C8H8O2.C4H9NO/c1-10-8(9)7-5-3-2-4-6-7;1-3-4(6)5-2/h2-6H,1H3;3H2,1-2H3,(H,5,6). The maximum absolute atomic E-state index is 10.8. The van der Waals surface area contributed by atoms with Crippen molar-refractivity contribution in [1.82, 2.24) is 5.32 Å². The highest BCUT2D eigenvalue weighted by Crippen LogP contribution is 1.98. The zero-order chi connectivity index (χ0) is 12.4. The number of amides is 1. The number of carbonyl (C=O) groups excluding carboxylic acids is 2. The molecule has 0 bridgehead atoms. The molecule has 0 radical (unpaired) electrons. The minimum absolute atomic E-state index is 0.0926. The van der Waals surface area contributed by atoms with Gasteiger partial charge in [0.25, 0.3) is 0 Å². The van der Waals surface area contributed by atoms with Crippen LogP contribution in [0.25, 0.3) is 0 Å². The lowest BCUT2D eigenvalue weighted by Crippen LogP contribution is -2.15. The molecule has 0 atom stereocenters. The van der Waals surface area contributed by atoms with Gasteiger partial charge in [0.05, 0.1) is 12.7 Å². The highest BCUT2D eigenvalue weighted by atomic mass is 16.5. The van der Waals surface area contributed by atoms with Gasteiger partial charge in [-0.05, 0) is 12.1 Å². The lowest BCUT2D eigenvalue weighted by molar-refractivity contribution is -0.120. The Morgan fingerprint density at radius 1 is 1.25 bits per heavy atom. The van der Waals surface area contributed by atoms with E-state index in [1.54, 1.807) is 31.3 Å². The number of ether oxygens (including phenoxy) is 1. The van der Waals surface area contributed by atoms with Crippen LogP contribution in [-0.2, 0) is 9.53 Å². The van der Waals surface area contributed by atoms with Crippen molar-refractivity contribution in [3.8, 4) is 0 Å². The molecule has 1 aromatic rings. The first-order valence-corrected chi connectivity index (χ1v) is 4.99. The van der Waals surface area contributed by atoms with E-state index in [0.717, 1.165) is 0 Å². The molecule has 0 saturated carbocycles. The largest absolute Gasteiger partial charge is 0.465 e. The van der Waals surface area contributed by atoms with Crippen molar-refractivity contribution in [1.29, 1.82) is 0 Å².